The summed E-state index contributed by atoms with van der Waals surface area (Å²) in [4.78, 5) is 10.4. The predicted molar refractivity (Wildman–Crippen MR) is 38.2 cm³/mol. The molecule has 1 amide bonds. The van der Waals surface area contributed by atoms with Gasteiger partial charge < -0.3 is 9.04 Å². The van der Waals surface area contributed by atoms with E-state index >= 15 is 0 Å². The van der Waals surface area contributed by atoms with E-state index in [0.29, 0.717) is 29.0 Å². The molecule has 0 aliphatic rings. The minimum absolute atomic E-state index is 0.0632. The molecule has 0 saturated carbocycles. The summed E-state index contributed by atoms with van der Waals surface area (Å²) >= 11 is 5.96. The number of hydrogen-bond donors (Lipinski definition) is 1. The van der Waals surface area contributed by atoms with Gasteiger partial charge in [-0.05, 0) is 0 Å². The Kier molecular flexibility index (Phi) is 6.55. The van der Waals surface area contributed by atoms with Crippen molar-refractivity contribution in [3.05, 3.63) is 0 Å². The number of amides is 1. The number of ether oxygens (including phenoxy) is 1. The fourth-order valence-corrected chi connectivity index (χ4v) is 0.545. The molecule has 5 heteroatoms. The Morgan fingerprint density at radius 1 is 1.78 bits per heavy atom. The first-order valence-electron chi connectivity index (χ1n) is 2.65. The van der Waals surface area contributed by atoms with Crippen LogP contribution in [0, 0.1) is 0 Å². The monoisotopic (exact) mass is 165 g/mol. The van der Waals surface area contributed by atoms with E-state index < -0.39 is 0 Å². The van der Waals surface area contributed by atoms with Crippen molar-refractivity contribution in [3.8, 4) is 0 Å². The molecule has 0 heterocycles. The van der Waals surface area contributed by atoms with Gasteiger partial charge >= 0.3 is 16.5 Å². The summed E-state index contributed by atoms with van der Waals surface area (Å²) in [5.41, 5.74) is 0. The molecule has 0 aromatic carbocycles. The van der Waals surface area contributed by atoms with E-state index in [-0.39, 0.29) is 12.5 Å². The van der Waals surface area contributed by atoms with E-state index in [9.17, 15) is 4.79 Å². The summed E-state index contributed by atoms with van der Waals surface area (Å²) in [6.07, 6.45) is 0. The van der Waals surface area contributed by atoms with Gasteiger partial charge in [0.2, 0.25) is 5.91 Å². The molecule has 0 rings (SSSR count). The van der Waals surface area contributed by atoms with Crippen LogP contribution in [-0.2, 0) is 9.53 Å². The Labute approximate surface area is 67.3 Å². The second-order valence-electron chi connectivity index (χ2n) is 1.41. The number of carbonyl (C=O) groups excluding carboxylic acids is 1. The van der Waals surface area contributed by atoms with E-state index in [0.717, 1.165) is 0 Å². The van der Waals surface area contributed by atoms with Crippen LogP contribution < -0.4 is 4.30 Å². The van der Waals surface area contributed by atoms with Gasteiger partial charge in [-0.2, -0.15) is 0 Å². The Morgan fingerprint density at radius 3 is 2.89 bits per heavy atom. The van der Waals surface area contributed by atoms with Crippen LogP contribution in [-0.4, -0.2) is 41.5 Å². The molecule has 0 radical (unpaired) electrons. The summed E-state index contributed by atoms with van der Waals surface area (Å²) in [7, 11) is 0. The third-order valence-corrected chi connectivity index (χ3v) is 1.45. The van der Waals surface area contributed by atoms with Gasteiger partial charge in [0, 0.05) is 5.88 Å². The molecule has 3 nitrogen and oxygen atoms in total. The maximum atomic E-state index is 10.4. The normalized spacial score (nSPS) is 9.00. The molecule has 0 aliphatic heterocycles. The van der Waals surface area contributed by atoms with Crippen molar-refractivity contribution in [2.45, 2.75) is 0 Å². The SMILES string of the molecule is O=C(COCCCl)[NH][AlH2]. The topological polar surface area (TPSA) is 38.3 Å². The highest BCUT2D eigenvalue weighted by molar-refractivity contribution is 6.18. The predicted octanol–water partition coefficient (Wildman–Crippen LogP) is -1.09. The summed E-state index contributed by atoms with van der Waals surface area (Å²) in [5.74, 6) is 0.376. The van der Waals surface area contributed by atoms with E-state index in [1.54, 1.807) is 0 Å². The molecule has 0 fully saturated rings. The van der Waals surface area contributed by atoms with Gasteiger partial charge in [0.15, 0.2) is 0 Å². The van der Waals surface area contributed by atoms with Crippen molar-refractivity contribution in [2.75, 3.05) is 19.1 Å². The molecule has 9 heavy (non-hydrogen) atoms. The zero-order valence-electron chi connectivity index (χ0n) is 5.32. The Hall–Kier alpha value is 0.252. The highest BCUT2D eigenvalue weighted by atomic mass is 35.5. The number of rotatable bonds is 4. The molecular formula is C4H9AlClNO2. The molecule has 0 spiro atoms. The van der Waals surface area contributed by atoms with Crippen LogP contribution >= 0.6 is 11.6 Å². The Balaban J connectivity index is 2.97. The van der Waals surface area contributed by atoms with Crippen molar-refractivity contribution < 1.29 is 9.53 Å². The van der Waals surface area contributed by atoms with Gasteiger partial charge in [0.25, 0.3) is 0 Å². The Bertz CT molecular complexity index is 90.6. The third-order valence-electron chi connectivity index (χ3n) is 0.733. The van der Waals surface area contributed by atoms with Gasteiger partial charge in [0.05, 0.1) is 6.61 Å². The third kappa shape index (κ3) is 6.13. The second kappa shape index (κ2) is 6.37. The summed E-state index contributed by atoms with van der Waals surface area (Å²) < 4.78 is 7.37. The van der Waals surface area contributed by atoms with Gasteiger partial charge in [0.1, 0.15) is 6.61 Å². The van der Waals surface area contributed by atoms with Crippen LogP contribution in [0.5, 0.6) is 0 Å². The molecule has 0 atom stereocenters. The number of carbonyl (C=O) groups is 1. The van der Waals surface area contributed by atoms with E-state index in [2.05, 4.69) is 4.30 Å². The van der Waals surface area contributed by atoms with Crippen molar-refractivity contribution in [2.24, 2.45) is 0 Å². The molecule has 0 saturated heterocycles. The van der Waals surface area contributed by atoms with Gasteiger partial charge in [-0.1, -0.05) is 0 Å². The maximum absolute atomic E-state index is 10.4. The largest absolute Gasteiger partial charge is 0.451 e. The van der Waals surface area contributed by atoms with Gasteiger partial charge in [-0.15, -0.1) is 11.6 Å². The zero-order chi connectivity index (χ0) is 7.11. The fourth-order valence-electron chi connectivity index (χ4n) is 0.292. The zero-order valence-corrected chi connectivity index (χ0v) is 8.07. The molecular weight excluding hydrogens is 156 g/mol. The quantitative estimate of drug-likeness (QED) is 0.327. The summed E-state index contributed by atoms with van der Waals surface area (Å²) in [5, 5.41) is 0. The first-order chi connectivity index (χ1) is 4.31. The highest BCUT2D eigenvalue weighted by Gasteiger charge is 1.93. The van der Waals surface area contributed by atoms with Crippen molar-refractivity contribution in [1.82, 2.24) is 4.30 Å². The molecule has 0 bridgehead atoms. The lowest BCUT2D eigenvalue weighted by Crippen LogP contribution is -2.25. The smallest absolute Gasteiger partial charge is 0.364 e. The number of alkyl halides is 1. The van der Waals surface area contributed by atoms with Crippen LogP contribution in [0.15, 0.2) is 0 Å². The van der Waals surface area contributed by atoms with Gasteiger partial charge in [-0.3, -0.25) is 4.79 Å². The average molecular weight is 166 g/mol. The highest BCUT2D eigenvalue weighted by Crippen LogP contribution is 1.77. The first kappa shape index (κ1) is 9.25. The number of halogens is 1. The van der Waals surface area contributed by atoms with Crippen LogP contribution in [0.3, 0.4) is 0 Å². The molecule has 0 unspecified atom stereocenters. The van der Waals surface area contributed by atoms with Crippen molar-refractivity contribution in [1.29, 1.82) is 0 Å². The summed E-state index contributed by atoms with van der Waals surface area (Å²) in [6, 6.07) is 0. The van der Waals surface area contributed by atoms with Crippen LogP contribution in [0.1, 0.15) is 0 Å². The average Bonchev–Trinajstić information content (AvgIpc) is 1.89. The summed E-state index contributed by atoms with van der Waals surface area (Å²) in [6.45, 7) is 0.576. The molecule has 0 aromatic rings. The fraction of sp³-hybridized carbons (Fsp3) is 0.750. The van der Waals surface area contributed by atoms with E-state index in [4.69, 9.17) is 16.3 Å². The molecule has 1 N–H and O–H groups in total. The molecule has 0 aliphatic carbocycles. The lowest BCUT2D eigenvalue weighted by atomic mass is 10.7. The van der Waals surface area contributed by atoms with Gasteiger partial charge in [-0.25, -0.2) is 0 Å². The minimum Gasteiger partial charge on any atom is -0.451 e. The lowest BCUT2D eigenvalue weighted by Gasteiger charge is -1.99. The standard InChI is InChI=1S/C4H8ClNO2.Al.2H/c5-1-2-8-3-4(6)7;;;/h1-3H2,(H2,6,7);;;/q;+1;;/p-1. The van der Waals surface area contributed by atoms with Crippen LogP contribution in [0.4, 0.5) is 0 Å². The van der Waals surface area contributed by atoms with Crippen molar-refractivity contribution in [3.63, 3.8) is 0 Å². The lowest BCUT2D eigenvalue weighted by molar-refractivity contribution is -0.123. The molecule has 0 aromatic heterocycles. The Morgan fingerprint density at radius 2 is 2.44 bits per heavy atom. The van der Waals surface area contributed by atoms with Crippen LogP contribution in [0.2, 0.25) is 0 Å². The van der Waals surface area contributed by atoms with Crippen LogP contribution in [0.25, 0.3) is 0 Å². The minimum atomic E-state index is -0.0632. The number of nitrogens with one attached hydrogen (secondary N) is 1. The van der Waals surface area contributed by atoms with E-state index in [1.165, 1.54) is 0 Å². The van der Waals surface area contributed by atoms with Crippen molar-refractivity contribution >= 4 is 34.0 Å². The van der Waals surface area contributed by atoms with E-state index in [1.807, 2.05) is 0 Å². The molecule has 52 valence electrons. The maximum Gasteiger partial charge on any atom is 0.364 e. The number of hydrogen-bond acceptors (Lipinski definition) is 2. The first-order valence-corrected chi connectivity index (χ1v) is 4.19. The second-order valence-corrected chi connectivity index (χ2v) is 2.29.